The summed E-state index contributed by atoms with van der Waals surface area (Å²) in [7, 11) is 0. The normalized spacial score (nSPS) is 13.8. The van der Waals surface area contributed by atoms with E-state index in [1.807, 2.05) is 30.3 Å². The Bertz CT molecular complexity index is 659. The van der Waals surface area contributed by atoms with Crippen molar-refractivity contribution in [1.29, 1.82) is 0 Å². The molecular formula is C18H25FN4O3. The maximum Gasteiger partial charge on any atom is 0.408 e. The first-order chi connectivity index (χ1) is 12.3. The molecule has 1 N–H and O–H groups in total. The van der Waals surface area contributed by atoms with Gasteiger partial charge in [0.1, 0.15) is 11.8 Å². The molecule has 8 heteroatoms. The number of halogens is 1. The quantitative estimate of drug-likeness (QED) is 0.779. The van der Waals surface area contributed by atoms with Gasteiger partial charge in [0, 0.05) is 0 Å². The van der Waals surface area contributed by atoms with Gasteiger partial charge in [0.2, 0.25) is 0 Å². The van der Waals surface area contributed by atoms with Gasteiger partial charge in [0.05, 0.1) is 38.2 Å². The summed E-state index contributed by atoms with van der Waals surface area (Å²) < 4.78 is 25.3. The molecule has 0 saturated carbocycles. The highest BCUT2D eigenvalue weighted by Gasteiger charge is 2.27. The van der Waals surface area contributed by atoms with E-state index in [-0.39, 0.29) is 13.2 Å². The van der Waals surface area contributed by atoms with E-state index in [9.17, 15) is 9.18 Å². The monoisotopic (exact) mass is 364 g/mol. The third kappa shape index (κ3) is 7.18. The molecule has 0 bridgehead atoms. The van der Waals surface area contributed by atoms with Crippen molar-refractivity contribution in [2.24, 2.45) is 0 Å². The molecule has 26 heavy (non-hydrogen) atoms. The van der Waals surface area contributed by atoms with Crippen LogP contribution in [0.3, 0.4) is 0 Å². The highest BCUT2D eigenvalue weighted by atomic mass is 19.1. The van der Waals surface area contributed by atoms with Crippen LogP contribution in [-0.4, -0.2) is 45.5 Å². The van der Waals surface area contributed by atoms with Crippen molar-refractivity contribution in [2.75, 3.05) is 6.61 Å². The third-order valence-corrected chi connectivity index (χ3v) is 3.35. The van der Waals surface area contributed by atoms with Gasteiger partial charge in [0.25, 0.3) is 0 Å². The zero-order chi connectivity index (χ0) is 19.0. The van der Waals surface area contributed by atoms with Gasteiger partial charge in [-0.05, 0) is 26.3 Å². The Morgan fingerprint density at radius 2 is 1.88 bits per heavy atom. The first-order valence-electron chi connectivity index (χ1n) is 8.43. The van der Waals surface area contributed by atoms with E-state index in [0.29, 0.717) is 6.61 Å². The molecule has 1 aromatic heterocycles. The topological polar surface area (TPSA) is 78.3 Å². The Kier molecular flexibility index (Phi) is 7.08. The second-order valence-electron chi connectivity index (χ2n) is 6.85. The van der Waals surface area contributed by atoms with Crippen LogP contribution < -0.4 is 5.32 Å². The molecule has 0 aliphatic carbocycles. The van der Waals surface area contributed by atoms with Gasteiger partial charge in [0.15, 0.2) is 0 Å². The van der Waals surface area contributed by atoms with Gasteiger partial charge < -0.3 is 14.8 Å². The Morgan fingerprint density at radius 1 is 1.23 bits per heavy atom. The summed E-state index contributed by atoms with van der Waals surface area (Å²) in [6.45, 7) is 5.42. The number of aromatic nitrogens is 3. The highest BCUT2D eigenvalue weighted by molar-refractivity contribution is 5.68. The Morgan fingerprint density at radius 3 is 2.50 bits per heavy atom. The largest absolute Gasteiger partial charge is 0.444 e. The second kappa shape index (κ2) is 9.28. The SMILES string of the molecule is CC(C)(C)OC(=O)N[C@@H](Cn1nccn1)[C@@H](F)COCc1ccccc1. The number of carbonyl (C=O) groups excluding carboxylic acids is 1. The molecule has 0 saturated heterocycles. The van der Waals surface area contributed by atoms with Crippen LogP contribution in [0.15, 0.2) is 42.7 Å². The lowest BCUT2D eigenvalue weighted by Gasteiger charge is -2.25. The van der Waals surface area contributed by atoms with E-state index in [4.69, 9.17) is 9.47 Å². The lowest BCUT2D eigenvalue weighted by atomic mass is 10.2. The minimum Gasteiger partial charge on any atom is -0.444 e. The fourth-order valence-electron chi connectivity index (χ4n) is 2.20. The van der Waals surface area contributed by atoms with Crippen molar-refractivity contribution < 1.29 is 18.7 Å². The number of nitrogens with zero attached hydrogens (tertiary/aromatic N) is 3. The van der Waals surface area contributed by atoms with Crippen molar-refractivity contribution in [3.63, 3.8) is 0 Å². The van der Waals surface area contributed by atoms with Crippen molar-refractivity contribution >= 4 is 6.09 Å². The number of alkyl halides is 1. The summed E-state index contributed by atoms with van der Waals surface area (Å²) in [5, 5.41) is 10.5. The van der Waals surface area contributed by atoms with Crippen molar-refractivity contribution in [1.82, 2.24) is 20.3 Å². The summed E-state index contributed by atoms with van der Waals surface area (Å²) in [4.78, 5) is 13.3. The number of ether oxygens (including phenoxy) is 2. The number of hydrogen-bond acceptors (Lipinski definition) is 5. The van der Waals surface area contributed by atoms with Crippen LogP contribution in [0.1, 0.15) is 26.3 Å². The van der Waals surface area contributed by atoms with Crippen molar-refractivity contribution in [3.05, 3.63) is 48.3 Å². The molecule has 1 amide bonds. The van der Waals surface area contributed by atoms with Crippen LogP contribution in [0.2, 0.25) is 0 Å². The number of carbonyl (C=O) groups is 1. The third-order valence-electron chi connectivity index (χ3n) is 3.35. The molecule has 0 unspecified atom stereocenters. The van der Waals surface area contributed by atoms with E-state index < -0.39 is 23.9 Å². The summed E-state index contributed by atoms with van der Waals surface area (Å²) in [5.74, 6) is 0. The van der Waals surface area contributed by atoms with Crippen LogP contribution in [0.4, 0.5) is 9.18 Å². The van der Waals surface area contributed by atoms with E-state index in [2.05, 4.69) is 15.5 Å². The minimum atomic E-state index is -1.45. The molecule has 2 aromatic rings. The minimum absolute atomic E-state index is 0.0715. The predicted molar refractivity (Wildman–Crippen MR) is 94.2 cm³/mol. The Balaban J connectivity index is 1.91. The molecule has 0 radical (unpaired) electrons. The molecular weight excluding hydrogens is 339 g/mol. The van der Waals surface area contributed by atoms with Gasteiger partial charge >= 0.3 is 6.09 Å². The molecule has 7 nitrogen and oxygen atoms in total. The van der Waals surface area contributed by atoms with E-state index in [0.717, 1.165) is 5.56 Å². The number of hydrogen-bond donors (Lipinski definition) is 1. The summed E-state index contributed by atoms with van der Waals surface area (Å²) >= 11 is 0. The Hall–Kier alpha value is -2.48. The van der Waals surface area contributed by atoms with Gasteiger partial charge in [-0.3, -0.25) is 0 Å². The average molecular weight is 364 g/mol. The molecule has 0 aliphatic heterocycles. The standard InChI is InChI=1S/C18H25FN4O3/c1-18(2,3)26-17(24)22-16(11-23-20-9-10-21-23)15(19)13-25-12-14-7-5-4-6-8-14/h4-10,15-16H,11-13H2,1-3H3,(H,22,24)/t15-,16-/m0/s1. The molecule has 0 aliphatic rings. The summed E-state index contributed by atoms with van der Waals surface area (Å²) in [6.07, 6.45) is 0.838. The molecule has 1 aromatic carbocycles. The highest BCUT2D eigenvalue weighted by Crippen LogP contribution is 2.10. The number of nitrogens with one attached hydrogen (secondary N) is 1. The van der Waals surface area contributed by atoms with Gasteiger partial charge in [-0.15, -0.1) is 0 Å². The first-order valence-corrected chi connectivity index (χ1v) is 8.43. The predicted octanol–water partition coefficient (Wildman–Crippen LogP) is 2.73. The summed E-state index contributed by atoms with van der Waals surface area (Å²) in [6, 6.07) is 8.60. The maximum absolute atomic E-state index is 14.7. The van der Waals surface area contributed by atoms with Crippen LogP contribution >= 0.6 is 0 Å². The second-order valence-corrected chi connectivity index (χ2v) is 6.85. The van der Waals surface area contributed by atoms with Gasteiger partial charge in [-0.2, -0.15) is 15.0 Å². The van der Waals surface area contributed by atoms with Crippen molar-refractivity contribution in [2.45, 2.75) is 51.7 Å². The van der Waals surface area contributed by atoms with Gasteiger partial charge in [-0.25, -0.2) is 9.18 Å². The number of alkyl carbamates (subject to hydrolysis) is 1. The number of amides is 1. The lowest BCUT2D eigenvalue weighted by molar-refractivity contribution is 0.0305. The molecule has 142 valence electrons. The molecule has 2 rings (SSSR count). The lowest BCUT2D eigenvalue weighted by Crippen LogP contribution is -2.48. The molecule has 0 spiro atoms. The van der Waals surface area contributed by atoms with Crippen LogP contribution in [0.5, 0.6) is 0 Å². The van der Waals surface area contributed by atoms with Crippen LogP contribution in [-0.2, 0) is 22.6 Å². The fourth-order valence-corrected chi connectivity index (χ4v) is 2.20. The zero-order valence-corrected chi connectivity index (χ0v) is 15.3. The average Bonchev–Trinajstić information content (AvgIpc) is 3.06. The van der Waals surface area contributed by atoms with Crippen molar-refractivity contribution in [3.8, 4) is 0 Å². The van der Waals surface area contributed by atoms with E-state index in [1.165, 1.54) is 17.2 Å². The van der Waals surface area contributed by atoms with Crippen LogP contribution in [0, 0.1) is 0 Å². The number of rotatable bonds is 8. The summed E-state index contributed by atoms with van der Waals surface area (Å²) in [5.41, 5.74) is 0.277. The zero-order valence-electron chi connectivity index (χ0n) is 15.3. The molecule has 0 fully saturated rings. The van der Waals surface area contributed by atoms with E-state index >= 15 is 0 Å². The molecule has 1 heterocycles. The van der Waals surface area contributed by atoms with Gasteiger partial charge in [-0.1, -0.05) is 30.3 Å². The number of benzene rings is 1. The van der Waals surface area contributed by atoms with E-state index in [1.54, 1.807) is 20.8 Å². The Labute approximate surface area is 152 Å². The maximum atomic E-state index is 14.7. The molecule has 2 atom stereocenters. The van der Waals surface area contributed by atoms with Crippen LogP contribution in [0.25, 0.3) is 0 Å². The first kappa shape index (κ1) is 19.8. The fraction of sp³-hybridized carbons (Fsp3) is 0.500. The smallest absolute Gasteiger partial charge is 0.408 e.